The van der Waals surface area contributed by atoms with Crippen molar-refractivity contribution >= 4 is 33.2 Å². The number of benzene rings is 1. The van der Waals surface area contributed by atoms with Crippen LogP contribution in [0.25, 0.3) is 5.82 Å². The van der Waals surface area contributed by atoms with Crippen LogP contribution in [0.15, 0.2) is 36.5 Å². The second kappa shape index (κ2) is 9.55. The molecule has 2 aliphatic heterocycles. The van der Waals surface area contributed by atoms with E-state index in [4.69, 9.17) is 5.26 Å². The van der Waals surface area contributed by atoms with Crippen molar-refractivity contribution in [2.24, 2.45) is 5.92 Å². The largest absolute Gasteiger partial charge is 0.395 e. The molecule has 0 bridgehead atoms. The lowest BCUT2D eigenvalue weighted by Gasteiger charge is -2.42. The van der Waals surface area contributed by atoms with Gasteiger partial charge in [-0.1, -0.05) is 6.07 Å². The van der Waals surface area contributed by atoms with E-state index < -0.39 is 45.0 Å². The zero-order valence-corrected chi connectivity index (χ0v) is 23.0. The number of hydrogen-bond acceptors (Lipinski definition) is 8. The summed E-state index contributed by atoms with van der Waals surface area (Å²) in [5.74, 6) is -3.40. The van der Waals surface area contributed by atoms with Crippen molar-refractivity contribution in [1.29, 1.82) is 5.26 Å². The Kier molecular flexibility index (Phi) is 6.30. The maximum atomic E-state index is 13.6. The van der Waals surface area contributed by atoms with Gasteiger partial charge in [0.05, 0.1) is 22.7 Å². The third kappa shape index (κ3) is 4.85. The fourth-order valence-electron chi connectivity index (χ4n) is 5.84. The summed E-state index contributed by atoms with van der Waals surface area (Å²) >= 11 is 0. The topological polar surface area (TPSA) is 150 Å². The Balaban J connectivity index is 1.34. The highest BCUT2D eigenvalue weighted by Crippen LogP contribution is 2.45. The highest BCUT2D eigenvalue weighted by molar-refractivity contribution is 7.91. The number of aryl methyl sites for hydroxylation is 1. The minimum absolute atomic E-state index is 0.0474. The Bertz CT molecular complexity index is 1770. The lowest BCUT2D eigenvalue weighted by atomic mass is 9.82. The van der Waals surface area contributed by atoms with Crippen LogP contribution in [0.3, 0.4) is 0 Å². The first kappa shape index (κ1) is 27.7. The number of fused-ring (bicyclic) bond motifs is 3. The van der Waals surface area contributed by atoms with E-state index in [0.717, 1.165) is 17.4 Å². The molecule has 42 heavy (non-hydrogen) atoms. The van der Waals surface area contributed by atoms with Gasteiger partial charge in [-0.3, -0.25) is 9.59 Å². The van der Waals surface area contributed by atoms with Gasteiger partial charge in [-0.05, 0) is 48.2 Å². The molecule has 2 amide bonds. The molecule has 0 unspecified atom stereocenters. The number of anilines is 2. The molecular formula is C27H24F3N7O4S. The molecule has 1 spiro atoms. The highest BCUT2D eigenvalue weighted by Gasteiger charge is 2.49. The molecule has 1 aromatic carbocycles. The number of carbonyl (C=O) groups excluding carboxylic acids is 2. The van der Waals surface area contributed by atoms with Gasteiger partial charge in [-0.25, -0.2) is 13.4 Å². The number of amides is 2. The summed E-state index contributed by atoms with van der Waals surface area (Å²) in [5.41, 5.74) is 2.33. The molecule has 6 rings (SSSR count). The molecule has 4 heterocycles. The van der Waals surface area contributed by atoms with Crippen molar-refractivity contribution in [2.45, 2.75) is 31.0 Å². The predicted molar refractivity (Wildman–Crippen MR) is 144 cm³/mol. The SMILES string of the molecule is CS(=O)(=O)CC(=O)Nc1c2c(nn1-c1ccc(C#N)cn1)C[C@@]1(CCc3cc(N4CC(C(F)(F)F)C4)ccc31)NC2=O. The monoisotopic (exact) mass is 599 g/mol. The minimum Gasteiger partial charge on any atom is -0.370 e. The number of pyridine rings is 1. The van der Waals surface area contributed by atoms with E-state index in [1.165, 1.54) is 23.0 Å². The summed E-state index contributed by atoms with van der Waals surface area (Å²) in [6, 6.07) is 10.4. The van der Waals surface area contributed by atoms with Crippen molar-refractivity contribution in [2.75, 3.05) is 35.3 Å². The van der Waals surface area contributed by atoms with Gasteiger partial charge in [0.25, 0.3) is 5.91 Å². The number of carbonyl (C=O) groups is 2. The van der Waals surface area contributed by atoms with Crippen LogP contribution in [0.5, 0.6) is 0 Å². The Hall–Kier alpha value is -4.45. The Morgan fingerprint density at radius 3 is 2.67 bits per heavy atom. The van der Waals surface area contributed by atoms with Crippen molar-refractivity contribution in [3.63, 3.8) is 0 Å². The molecule has 2 N–H and O–H groups in total. The molecule has 0 saturated carbocycles. The zero-order valence-electron chi connectivity index (χ0n) is 22.2. The Labute approximate surface area is 238 Å². The number of nitriles is 1. The standard InChI is InChI=1S/C27H24F3N7O4S/c1-42(40,41)14-22(38)33-24-23-20(35-37(24)21-5-2-15(10-31)11-32-21)9-26(34-25(23)39)7-6-16-8-18(3-4-19(16)26)36-12-17(13-36)27(28,29)30/h2-5,8,11,17H,6-7,9,12-14H2,1H3,(H,33,38)(H,34,39)/t26-/m1/s1. The molecule has 1 atom stereocenters. The van der Waals surface area contributed by atoms with Crippen LogP contribution < -0.4 is 15.5 Å². The molecule has 218 valence electrons. The lowest BCUT2D eigenvalue weighted by molar-refractivity contribution is -0.180. The molecule has 15 heteroatoms. The predicted octanol–water partition coefficient (Wildman–Crippen LogP) is 2.25. The molecule has 1 fully saturated rings. The van der Waals surface area contributed by atoms with Gasteiger partial charge in [0.15, 0.2) is 21.5 Å². The van der Waals surface area contributed by atoms with Crippen LogP contribution in [0, 0.1) is 17.2 Å². The minimum atomic E-state index is -4.22. The van der Waals surface area contributed by atoms with Crippen molar-refractivity contribution in [3.05, 3.63) is 64.5 Å². The second-order valence-corrected chi connectivity index (χ2v) is 13.1. The maximum Gasteiger partial charge on any atom is 0.395 e. The number of aromatic nitrogens is 3. The fourth-order valence-corrected chi connectivity index (χ4v) is 6.39. The lowest BCUT2D eigenvalue weighted by Crippen LogP contribution is -2.53. The molecule has 3 aromatic rings. The van der Waals surface area contributed by atoms with Crippen LogP contribution in [0.2, 0.25) is 0 Å². The molecule has 1 aliphatic carbocycles. The summed E-state index contributed by atoms with van der Waals surface area (Å²) in [6.45, 7) is -0.190. The second-order valence-electron chi connectivity index (χ2n) is 10.9. The maximum absolute atomic E-state index is 13.6. The summed E-state index contributed by atoms with van der Waals surface area (Å²) in [7, 11) is -3.67. The third-order valence-electron chi connectivity index (χ3n) is 7.89. The quantitative estimate of drug-likeness (QED) is 0.454. The van der Waals surface area contributed by atoms with Crippen LogP contribution in [0.1, 0.15) is 39.2 Å². The average molecular weight is 600 g/mol. The number of nitrogens with one attached hydrogen (secondary N) is 2. The van der Waals surface area contributed by atoms with E-state index in [-0.39, 0.29) is 42.3 Å². The van der Waals surface area contributed by atoms with E-state index >= 15 is 0 Å². The van der Waals surface area contributed by atoms with Crippen LogP contribution in [-0.2, 0) is 33.0 Å². The van der Waals surface area contributed by atoms with E-state index in [1.54, 1.807) is 11.0 Å². The average Bonchev–Trinajstić information content (AvgIpc) is 3.39. The highest BCUT2D eigenvalue weighted by atomic mass is 32.2. The van der Waals surface area contributed by atoms with E-state index in [2.05, 4.69) is 20.7 Å². The number of halogens is 3. The summed E-state index contributed by atoms with van der Waals surface area (Å²) in [5, 5.41) is 19.3. The van der Waals surface area contributed by atoms with Gasteiger partial charge in [0.1, 0.15) is 17.4 Å². The first-order valence-electron chi connectivity index (χ1n) is 13.0. The van der Waals surface area contributed by atoms with Crippen molar-refractivity contribution in [3.8, 4) is 11.9 Å². The van der Waals surface area contributed by atoms with E-state index in [9.17, 15) is 31.2 Å². The van der Waals surface area contributed by atoms with Crippen molar-refractivity contribution in [1.82, 2.24) is 20.1 Å². The Morgan fingerprint density at radius 2 is 2.02 bits per heavy atom. The van der Waals surface area contributed by atoms with E-state index in [1.807, 2.05) is 18.2 Å². The van der Waals surface area contributed by atoms with Crippen LogP contribution >= 0.6 is 0 Å². The molecule has 11 nitrogen and oxygen atoms in total. The first-order chi connectivity index (χ1) is 19.8. The smallest absolute Gasteiger partial charge is 0.370 e. The van der Waals surface area contributed by atoms with E-state index in [0.29, 0.717) is 24.2 Å². The number of alkyl halides is 3. The number of sulfone groups is 1. The van der Waals surface area contributed by atoms with Gasteiger partial charge in [0, 0.05) is 37.7 Å². The zero-order chi connectivity index (χ0) is 30.0. The van der Waals surface area contributed by atoms with Gasteiger partial charge < -0.3 is 15.5 Å². The van der Waals surface area contributed by atoms with Gasteiger partial charge in [-0.2, -0.15) is 28.2 Å². The molecular weight excluding hydrogens is 575 g/mol. The van der Waals surface area contributed by atoms with Crippen LogP contribution in [0.4, 0.5) is 24.7 Å². The Morgan fingerprint density at radius 1 is 1.26 bits per heavy atom. The van der Waals surface area contributed by atoms with Gasteiger partial charge in [0.2, 0.25) is 5.91 Å². The normalized spacial score (nSPS) is 20.0. The van der Waals surface area contributed by atoms with Crippen LogP contribution in [-0.4, -0.2) is 66.3 Å². The van der Waals surface area contributed by atoms with Crippen molar-refractivity contribution < 1.29 is 31.2 Å². The molecule has 2 aromatic heterocycles. The first-order valence-corrected chi connectivity index (χ1v) is 15.1. The van der Waals surface area contributed by atoms with Gasteiger partial charge in [-0.15, -0.1) is 0 Å². The molecule has 3 aliphatic rings. The summed E-state index contributed by atoms with van der Waals surface area (Å²) in [6.07, 6.45) is -0.637. The summed E-state index contributed by atoms with van der Waals surface area (Å²) in [4.78, 5) is 32.1. The summed E-state index contributed by atoms with van der Waals surface area (Å²) < 4.78 is 63.6. The number of hydrogen-bond donors (Lipinski definition) is 2. The molecule has 0 radical (unpaired) electrons. The third-order valence-corrected chi connectivity index (χ3v) is 8.67. The number of nitrogens with zero attached hydrogens (tertiary/aromatic N) is 5. The fraction of sp³-hybridized carbons (Fsp3) is 0.370. The molecule has 1 saturated heterocycles. The van der Waals surface area contributed by atoms with Gasteiger partial charge >= 0.3 is 6.18 Å². The number of rotatable bonds is 5.